The Morgan fingerprint density at radius 1 is 1.22 bits per heavy atom. The van der Waals surface area contributed by atoms with Crippen molar-refractivity contribution < 1.29 is 4.79 Å². The van der Waals surface area contributed by atoms with Gasteiger partial charge in [0.1, 0.15) is 5.69 Å². The molecular weight excluding hydrogens is 288 g/mol. The fourth-order valence-corrected chi connectivity index (χ4v) is 3.08. The van der Waals surface area contributed by atoms with E-state index in [1.807, 2.05) is 24.1 Å². The van der Waals surface area contributed by atoms with Crippen molar-refractivity contribution in [1.82, 2.24) is 14.7 Å². The summed E-state index contributed by atoms with van der Waals surface area (Å²) in [5.74, 6) is 0.0348. The third kappa shape index (κ3) is 3.23. The SMILES string of the molecule is CCn1ccc(C(=O)N2CCN(c3ccc(C)cc3)C(C)C2)n1. The van der Waals surface area contributed by atoms with Gasteiger partial charge in [-0.05, 0) is 39.0 Å². The van der Waals surface area contributed by atoms with Gasteiger partial charge in [0.15, 0.2) is 0 Å². The maximum atomic E-state index is 12.6. The first-order chi connectivity index (χ1) is 11.1. The number of carbonyl (C=O) groups is 1. The van der Waals surface area contributed by atoms with Gasteiger partial charge in [-0.2, -0.15) is 5.10 Å². The topological polar surface area (TPSA) is 41.4 Å². The number of hydrogen-bond donors (Lipinski definition) is 0. The normalized spacial score (nSPS) is 18.3. The van der Waals surface area contributed by atoms with Gasteiger partial charge in [0.2, 0.25) is 0 Å². The highest BCUT2D eigenvalue weighted by molar-refractivity contribution is 5.92. The van der Waals surface area contributed by atoms with Crippen LogP contribution in [0.1, 0.15) is 29.9 Å². The van der Waals surface area contributed by atoms with Crippen LogP contribution in [0, 0.1) is 6.92 Å². The lowest BCUT2D eigenvalue weighted by Crippen LogP contribution is -2.53. The number of rotatable bonds is 3. The highest BCUT2D eigenvalue weighted by Gasteiger charge is 2.28. The van der Waals surface area contributed by atoms with Crippen LogP contribution in [-0.2, 0) is 6.54 Å². The molecule has 122 valence electrons. The molecule has 0 bridgehead atoms. The molecule has 5 heteroatoms. The van der Waals surface area contributed by atoms with E-state index in [4.69, 9.17) is 0 Å². The molecular formula is C18H24N4O. The Balaban J connectivity index is 1.68. The maximum Gasteiger partial charge on any atom is 0.274 e. The zero-order chi connectivity index (χ0) is 16.4. The number of nitrogens with zero attached hydrogens (tertiary/aromatic N) is 4. The van der Waals surface area contributed by atoms with Gasteiger partial charge in [0, 0.05) is 44.1 Å². The van der Waals surface area contributed by atoms with Crippen LogP contribution >= 0.6 is 0 Å². The minimum Gasteiger partial charge on any atom is -0.365 e. The number of carbonyl (C=O) groups excluding carboxylic acids is 1. The lowest BCUT2D eigenvalue weighted by atomic mass is 10.1. The van der Waals surface area contributed by atoms with Crippen LogP contribution in [0.4, 0.5) is 5.69 Å². The zero-order valence-electron chi connectivity index (χ0n) is 14.1. The molecule has 0 aliphatic carbocycles. The van der Waals surface area contributed by atoms with Crippen LogP contribution in [0.25, 0.3) is 0 Å². The molecule has 0 saturated carbocycles. The van der Waals surface area contributed by atoms with Crippen molar-refractivity contribution in [1.29, 1.82) is 0 Å². The van der Waals surface area contributed by atoms with Gasteiger partial charge in [-0.1, -0.05) is 17.7 Å². The molecule has 1 aromatic heterocycles. The Morgan fingerprint density at radius 2 is 1.96 bits per heavy atom. The van der Waals surface area contributed by atoms with Crippen molar-refractivity contribution in [3.05, 3.63) is 47.8 Å². The van der Waals surface area contributed by atoms with Crippen LogP contribution in [0.3, 0.4) is 0 Å². The third-order valence-electron chi connectivity index (χ3n) is 4.46. The second-order valence-corrected chi connectivity index (χ2v) is 6.19. The van der Waals surface area contributed by atoms with E-state index in [2.05, 4.69) is 48.1 Å². The monoisotopic (exact) mass is 312 g/mol. The first kappa shape index (κ1) is 15.6. The third-order valence-corrected chi connectivity index (χ3v) is 4.46. The van der Waals surface area contributed by atoms with Gasteiger partial charge in [-0.25, -0.2) is 0 Å². The van der Waals surface area contributed by atoms with Crippen molar-refractivity contribution in [3.8, 4) is 0 Å². The van der Waals surface area contributed by atoms with Crippen molar-refractivity contribution in [2.45, 2.75) is 33.4 Å². The summed E-state index contributed by atoms with van der Waals surface area (Å²) < 4.78 is 1.79. The van der Waals surface area contributed by atoms with E-state index in [9.17, 15) is 4.79 Å². The first-order valence-corrected chi connectivity index (χ1v) is 8.24. The van der Waals surface area contributed by atoms with Crippen molar-refractivity contribution in [2.75, 3.05) is 24.5 Å². The van der Waals surface area contributed by atoms with Gasteiger partial charge in [0.25, 0.3) is 5.91 Å². The molecule has 1 saturated heterocycles. The number of amides is 1. The van der Waals surface area contributed by atoms with E-state index in [1.165, 1.54) is 11.3 Å². The predicted octanol–water partition coefficient (Wildman–Crippen LogP) is 2.56. The molecule has 1 amide bonds. The fourth-order valence-electron chi connectivity index (χ4n) is 3.08. The fraction of sp³-hybridized carbons (Fsp3) is 0.444. The largest absolute Gasteiger partial charge is 0.365 e. The summed E-state index contributed by atoms with van der Waals surface area (Å²) >= 11 is 0. The molecule has 1 atom stereocenters. The minimum atomic E-state index is 0.0348. The molecule has 0 N–H and O–H groups in total. The summed E-state index contributed by atoms with van der Waals surface area (Å²) in [6, 6.07) is 10.7. The molecule has 1 aromatic carbocycles. The number of aryl methyl sites for hydroxylation is 2. The standard InChI is InChI=1S/C18H24N4O/c1-4-21-10-9-17(19-21)18(23)20-11-12-22(15(3)13-20)16-7-5-14(2)6-8-16/h5-10,15H,4,11-13H2,1-3H3. The summed E-state index contributed by atoms with van der Waals surface area (Å²) in [5, 5.41) is 4.33. The van der Waals surface area contributed by atoms with Crippen LogP contribution in [-0.4, -0.2) is 46.3 Å². The second kappa shape index (κ2) is 6.44. The molecule has 1 aliphatic heterocycles. The van der Waals surface area contributed by atoms with Crippen molar-refractivity contribution in [3.63, 3.8) is 0 Å². The number of hydrogen-bond acceptors (Lipinski definition) is 3. The van der Waals surface area contributed by atoms with E-state index < -0.39 is 0 Å². The number of benzene rings is 1. The van der Waals surface area contributed by atoms with E-state index in [-0.39, 0.29) is 5.91 Å². The molecule has 0 radical (unpaired) electrons. The molecule has 1 fully saturated rings. The van der Waals surface area contributed by atoms with Crippen LogP contribution in [0.2, 0.25) is 0 Å². The molecule has 5 nitrogen and oxygen atoms in total. The quantitative estimate of drug-likeness (QED) is 0.874. The molecule has 2 heterocycles. The van der Waals surface area contributed by atoms with E-state index >= 15 is 0 Å². The van der Waals surface area contributed by atoms with E-state index in [0.29, 0.717) is 11.7 Å². The minimum absolute atomic E-state index is 0.0348. The molecule has 1 aliphatic rings. The molecule has 0 spiro atoms. The van der Waals surface area contributed by atoms with Crippen LogP contribution < -0.4 is 4.90 Å². The highest BCUT2D eigenvalue weighted by Crippen LogP contribution is 2.21. The number of aromatic nitrogens is 2. The number of piperazine rings is 1. The highest BCUT2D eigenvalue weighted by atomic mass is 16.2. The van der Waals surface area contributed by atoms with Gasteiger partial charge in [0.05, 0.1) is 0 Å². The van der Waals surface area contributed by atoms with E-state index in [0.717, 1.165) is 26.2 Å². The summed E-state index contributed by atoms with van der Waals surface area (Å²) in [6.07, 6.45) is 1.86. The second-order valence-electron chi connectivity index (χ2n) is 6.19. The summed E-state index contributed by atoms with van der Waals surface area (Å²) in [6.45, 7) is 9.38. The Morgan fingerprint density at radius 3 is 2.57 bits per heavy atom. The predicted molar refractivity (Wildman–Crippen MR) is 91.8 cm³/mol. The van der Waals surface area contributed by atoms with Gasteiger partial charge >= 0.3 is 0 Å². The van der Waals surface area contributed by atoms with Gasteiger partial charge in [-0.3, -0.25) is 9.48 Å². The Bertz CT molecular complexity index is 677. The average Bonchev–Trinajstić information content (AvgIpc) is 3.04. The Hall–Kier alpha value is -2.30. The average molecular weight is 312 g/mol. The smallest absolute Gasteiger partial charge is 0.274 e. The first-order valence-electron chi connectivity index (χ1n) is 8.24. The van der Waals surface area contributed by atoms with Gasteiger partial charge < -0.3 is 9.80 Å². The van der Waals surface area contributed by atoms with Gasteiger partial charge in [-0.15, -0.1) is 0 Å². The molecule has 23 heavy (non-hydrogen) atoms. The summed E-state index contributed by atoms with van der Waals surface area (Å²) in [4.78, 5) is 16.9. The zero-order valence-corrected chi connectivity index (χ0v) is 14.1. The number of anilines is 1. The maximum absolute atomic E-state index is 12.6. The van der Waals surface area contributed by atoms with Crippen LogP contribution in [0.5, 0.6) is 0 Å². The summed E-state index contributed by atoms with van der Waals surface area (Å²) in [7, 11) is 0. The lowest BCUT2D eigenvalue weighted by Gasteiger charge is -2.41. The van der Waals surface area contributed by atoms with Crippen LogP contribution in [0.15, 0.2) is 36.5 Å². The Labute approximate surface area is 137 Å². The van der Waals surface area contributed by atoms with Crippen molar-refractivity contribution in [2.24, 2.45) is 0 Å². The van der Waals surface area contributed by atoms with E-state index in [1.54, 1.807) is 4.68 Å². The Kier molecular flexibility index (Phi) is 4.37. The van der Waals surface area contributed by atoms with Crippen molar-refractivity contribution >= 4 is 11.6 Å². The molecule has 3 rings (SSSR count). The molecule has 2 aromatic rings. The molecule has 1 unspecified atom stereocenters. The summed E-state index contributed by atoms with van der Waals surface area (Å²) in [5.41, 5.74) is 3.04. The lowest BCUT2D eigenvalue weighted by molar-refractivity contribution is 0.0719.